The summed E-state index contributed by atoms with van der Waals surface area (Å²) in [6.45, 7) is 4.87. The molecule has 1 N–H and O–H groups in total. The largest absolute Gasteiger partial charge is 0.487 e. The predicted molar refractivity (Wildman–Crippen MR) is 113 cm³/mol. The van der Waals surface area contributed by atoms with Crippen molar-refractivity contribution >= 4 is 10.9 Å². The monoisotopic (exact) mass is 387 g/mol. The number of aromatic nitrogens is 5. The van der Waals surface area contributed by atoms with Gasteiger partial charge in [-0.05, 0) is 59.0 Å². The SMILES string of the molecule is CC(Cc1ccc(OCc2ccc3ccccc3n2)cc1)CC(C)c1nnn[nH]1. The number of nitrogens with one attached hydrogen (secondary N) is 1. The Morgan fingerprint density at radius 3 is 2.59 bits per heavy atom. The van der Waals surface area contributed by atoms with Crippen LogP contribution in [0.2, 0.25) is 0 Å². The van der Waals surface area contributed by atoms with E-state index in [1.54, 1.807) is 0 Å². The van der Waals surface area contributed by atoms with E-state index in [-0.39, 0.29) is 0 Å². The zero-order valence-corrected chi connectivity index (χ0v) is 16.7. The fourth-order valence-corrected chi connectivity index (χ4v) is 3.64. The number of para-hydroxylation sites is 1. The van der Waals surface area contributed by atoms with Crippen LogP contribution in [0.1, 0.15) is 43.3 Å². The van der Waals surface area contributed by atoms with E-state index in [0.717, 1.165) is 41.0 Å². The van der Waals surface area contributed by atoms with Crippen molar-refractivity contribution in [1.82, 2.24) is 25.6 Å². The second kappa shape index (κ2) is 8.82. The third kappa shape index (κ3) is 4.96. The molecule has 0 aliphatic heterocycles. The average Bonchev–Trinajstić information content (AvgIpc) is 3.28. The van der Waals surface area contributed by atoms with Gasteiger partial charge in [0, 0.05) is 11.3 Å². The summed E-state index contributed by atoms with van der Waals surface area (Å²) in [6, 6.07) is 20.6. The van der Waals surface area contributed by atoms with Gasteiger partial charge < -0.3 is 4.74 Å². The van der Waals surface area contributed by atoms with Crippen LogP contribution in [0.4, 0.5) is 0 Å². The molecule has 6 nitrogen and oxygen atoms in total. The number of H-pyrrole nitrogens is 1. The van der Waals surface area contributed by atoms with E-state index < -0.39 is 0 Å². The molecule has 2 aromatic carbocycles. The molecule has 0 saturated heterocycles. The lowest BCUT2D eigenvalue weighted by Gasteiger charge is -2.15. The highest BCUT2D eigenvalue weighted by Crippen LogP contribution is 2.23. The van der Waals surface area contributed by atoms with Gasteiger partial charge >= 0.3 is 0 Å². The van der Waals surface area contributed by atoms with E-state index in [0.29, 0.717) is 18.4 Å². The van der Waals surface area contributed by atoms with Crippen molar-refractivity contribution in [3.8, 4) is 5.75 Å². The van der Waals surface area contributed by atoms with E-state index in [4.69, 9.17) is 4.74 Å². The molecule has 4 rings (SSSR count). The highest BCUT2D eigenvalue weighted by molar-refractivity contribution is 5.78. The minimum atomic E-state index is 0.317. The Morgan fingerprint density at radius 1 is 0.966 bits per heavy atom. The zero-order chi connectivity index (χ0) is 20.1. The van der Waals surface area contributed by atoms with Crippen LogP contribution in [-0.2, 0) is 13.0 Å². The minimum Gasteiger partial charge on any atom is -0.487 e. The van der Waals surface area contributed by atoms with Crippen LogP contribution in [-0.4, -0.2) is 25.6 Å². The van der Waals surface area contributed by atoms with Crippen LogP contribution < -0.4 is 4.74 Å². The van der Waals surface area contributed by atoms with Gasteiger partial charge in [0.15, 0.2) is 5.82 Å². The van der Waals surface area contributed by atoms with E-state index in [2.05, 4.69) is 63.7 Å². The lowest BCUT2D eigenvalue weighted by atomic mass is 9.91. The average molecular weight is 387 g/mol. The van der Waals surface area contributed by atoms with Gasteiger partial charge in [0.05, 0.1) is 11.2 Å². The maximum Gasteiger partial charge on any atom is 0.151 e. The normalized spacial score (nSPS) is 13.3. The highest BCUT2D eigenvalue weighted by Gasteiger charge is 2.14. The Balaban J connectivity index is 1.30. The molecule has 29 heavy (non-hydrogen) atoms. The number of benzene rings is 2. The Hall–Kier alpha value is -3.28. The molecule has 2 atom stereocenters. The molecular weight excluding hydrogens is 362 g/mol. The zero-order valence-electron chi connectivity index (χ0n) is 16.7. The molecule has 0 radical (unpaired) electrons. The number of pyridine rings is 1. The van der Waals surface area contributed by atoms with E-state index in [9.17, 15) is 0 Å². The Bertz CT molecular complexity index is 1050. The second-order valence-corrected chi connectivity index (χ2v) is 7.66. The summed E-state index contributed by atoms with van der Waals surface area (Å²) in [5.41, 5.74) is 3.22. The van der Waals surface area contributed by atoms with Gasteiger partial charge in [-0.1, -0.05) is 50.2 Å². The van der Waals surface area contributed by atoms with Gasteiger partial charge in [-0.2, -0.15) is 0 Å². The first kappa shape index (κ1) is 19.1. The molecule has 148 valence electrons. The number of hydrogen-bond acceptors (Lipinski definition) is 5. The summed E-state index contributed by atoms with van der Waals surface area (Å²) in [7, 11) is 0. The lowest BCUT2D eigenvalue weighted by molar-refractivity contribution is 0.301. The van der Waals surface area contributed by atoms with Crippen molar-refractivity contribution in [2.75, 3.05) is 0 Å². The van der Waals surface area contributed by atoms with Crippen molar-refractivity contribution in [2.45, 2.75) is 39.2 Å². The van der Waals surface area contributed by atoms with Gasteiger partial charge in [0.1, 0.15) is 12.4 Å². The number of hydrogen-bond donors (Lipinski definition) is 1. The number of nitrogens with zero attached hydrogens (tertiary/aromatic N) is 4. The topological polar surface area (TPSA) is 76.6 Å². The van der Waals surface area contributed by atoms with Crippen molar-refractivity contribution < 1.29 is 4.74 Å². The molecule has 0 amide bonds. The number of ether oxygens (including phenoxy) is 1. The minimum absolute atomic E-state index is 0.317. The molecule has 2 aromatic heterocycles. The number of fused-ring (bicyclic) bond motifs is 1. The van der Waals surface area contributed by atoms with Crippen molar-refractivity contribution in [3.63, 3.8) is 0 Å². The molecule has 0 aliphatic rings. The molecule has 2 heterocycles. The molecule has 0 bridgehead atoms. The van der Waals surface area contributed by atoms with Crippen molar-refractivity contribution in [1.29, 1.82) is 0 Å². The first-order valence-electron chi connectivity index (χ1n) is 9.97. The first-order valence-corrected chi connectivity index (χ1v) is 9.97. The Morgan fingerprint density at radius 2 is 1.79 bits per heavy atom. The maximum absolute atomic E-state index is 5.93. The summed E-state index contributed by atoms with van der Waals surface area (Å²) in [5, 5.41) is 15.3. The summed E-state index contributed by atoms with van der Waals surface area (Å²) in [6.07, 6.45) is 2.04. The lowest BCUT2D eigenvalue weighted by Crippen LogP contribution is -2.07. The predicted octanol–water partition coefficient (Wildman–Crippen LogP) is 4.70. The van der Waals surface area contributed by atoms with Gasteiger partial charge in [-0.25, -0.2) is 10.1 Å². The van der Waals surface area contributed by atoms with E-state index >= 15 is 0 Å². The standard InChI is InChI=1S/C23H25N5O/c1-16(13-17(2)23-25-27-28-26-23)14-18-7-11-21(12-8-18)29-15-20-10-9-19-5-3-4-6-22(19)24-20/h3-12,16-17H,13-15H2,1-2H3,(H,25,26,27,28). The second-order valence-electron chi connectivity index (χ2n) is 7.66. The number of rotatable bonds is 8. The fourth-order valence-electron chi connectivity index (χ4n) is 3.64. The molecule has 0 spiro atoms. The van der Waals surface area contributed by atoms with Gasteiger partial charge in [-0.15, -0.1) is 5.10 Å². The van der Waals surface area contributed by atoms with Crippen molar-refractivity contribution in [3.05, 3.63) is 77.7 Å². The summed E-state index contributed by atoms with van der Waals surface area (Å²) >= 11 is 0. The third-order valence-electron chi connectivity index (χ3n) is 5.13. The summed E-state index contributed by atoms with van der Waals surface area (Å²) in [5.74, 6) is 2.56. The van der Waals surface area contributed by atoms with Crippen LogP contribution in [0.15, 0.2) is 60.7 Å². The fraction of sp³-hybridized carbons (Fsp3) is 0.304. The van der Waals surface area contributed by atoms with E-state index in [1.165, 1.54) is 5.56 Å². The molecule has 4 aromatic rings. The van der Waals surface area contributed by atoms with Crippen LogP contribution in [0.25, 0.3) is 10.9 Å². The maximum atomic E-state index is 5.93. The number of tetrazole rings is 1. The summed E-state index contributed by atoms with van der Waals surface area (Å²) < 4.78 is 5.93. The molecule has 6 heteroatoms. The quantitative estimate of drug-likeness (QED) is 0.474. The number of aromatic amines is 1. The third-order valence-corrected chi connectivity index (χ3v) is 5.13. The molecule has 0 saturated carbocycles. The first-order chi connectivity index (χ1) is 14.2. The van der Waals surface area contributed by atoms with Crippen molar-refractivity contribution in [2.24, 2.45) is 5.92 Å². The summed E-state index contributed by atoms with van der Waals surface area (Å²) in [4.78, 5) is 4.65. The van der Waals surface area contributed by atoms with Crippen LogP contribution in [0, 0.1) is 5.92 Å². The van der Waals surface area contributed by atoms with Crippen LogP contribution in [0.5, 0.6) is 5.75 Å². The Kier molecular flexibility index (Phi) is 5.79. The molecular formula is C23H25N5O. The Labute approximate surface area is 170 Å². The molecule has 2 unspecified atom stereocenters. The molecule has 0 fully saturated rings. The molecule has 0 aliphatic carbocycles. The van der Waals surface area contributed by atoms with E-state index in [1.807, 2.05) is 36.4 Å². The van der Waals surface area contributed by atoms with Gasteiger partial charge in [0.2, 0.25) is 0 Å². The van der Waals surface area contributed by atoms with Gasteiger partial charge in [0.25, 0.3) is 0 Å². The van der Waals surface area contributed by atoms with Crippen LogP contribution in [0.3, 0.4) is 0 Å². The van der Waals surface area contributed by atoms with Crippen LogP contribution >= 0.6 is 0 Å². The highest BCUT2D eigenvalue weighted by atomic mass is 16.5. The van der Waals surface area contributed by atoms with Gasteiger partial charge in [-0.3, -0.25) is 0 Å². The smallest absolute Gasteiger partial charge is 0.151 e.